The van der Waals surface area contributed by atoms with Gasteiger partial charge in [-0.3, -0.25) is 19.2 Å². The van der Waals surface area contributed by atoms with E-state index in [1.807, 2.05) is 30.3 Å². The van der Waals surface area contributed by atoms with E-state index in [4.69, 9.17) is 10.5 Å². The lowest BCUT2D eigenvalue weighted by Crippen LogP contribution is -2.56. The van der Waals surface area contributed by atoms with Crippen LogP contribution in [0.2, 0.25) is 0 Å². The van der Waals surface area contributed by atoms with E-state index in [0.29, 0.717) is 6.42 Å². The normalized spacial score (nSPS) is 22.7. The number of hydrogen-bond acceptors (Lipinski definition) is 7. The average Bonchev–Trinajstić information content (AvgIpc) is 3.19. The number of fused-ring (bicyclic) bond motifs is 1. The van der Waals surface area contributed by atoms with Crippen LogP contribution in [-0.2, 0) is 14.3 Å². The molecular formula is C21H21N5O5. The predicted octanol–water partition coefficient (Wildman–Crippen LogP) is 0.163. The van der Waals surface area contributed by atoms with Gasteiger partial charge in [-0.25, -0.2) is 9.97 Å². The molecule has 3 atom stereocenters. The Morgan fingerprint density at radius 3 is 2.39 bits per heavy atom. The van der Waals surface area contributed by atoms with Crippen molar-refractivity contribution in [3.05, 3.63) is 59.7 Å². The monoisotopic (exact) mass is 423 g/mol. The number of aromatic nitrogens is 2. The van der Waals surface area contributed by atoms with Crippen LogP contribution >= 0.6 is 0 Å². The van der Waals surface area contributed by atoms with E-state index >= 15 is 0 Å². The first-order valence-corrected chi connectivity index (χ1v) is 9.75. The number of primary amides is 1. The van der Waals surface area contributed by atoms with Gasteiger partial charge in [-0.2, -0.15) is 0 Å². The highest BCUT2D eigenvalue weighted by molar-refractivity contribution is 5.96. The number of methoxy groups -OCH3 is 1. The summed E-state index contributed by atoms with van der Waals surface area (Å²) in [6, 6.07) is 8.56. The topological polar surface area (TPSA) is 136 Å². The molecule has 0 spiro atoms. The predicted molar refractivity (Wildman–Crippen MR) is 106 cm³/mol. The van der Waals surface area contributed by atoms with Crippen LogP contribution in [-0.4, -0.2) is 69.7 Å². The molecule has 0 saturated carbocycles. The van der Waals surface area contributed by atoms with Gasteiger partial charge in [0.05, 0.1) is 37.5 Å². The molecule has 0 aliphatic carbocycles. The molecule has 10 nitrogen and oxygen atoms in total. The number of carbonyl (C=O) groups excluding carboxylic acids is 4. The molecule has 3 heterocycles. The summed E-state index contributed by atoms with van der Waals surface area (Å²) >= 11 is 0. The minimum Gasteiger partial charge on any atom is -0.469 e. The first-order chi connectivity index (χ1) is 14.9. The molecule has 2 aliphatic heterocycles. The van der Waals surface area contributed by atoms with Gasteiger partial charge in [0.15, 0.2) is 0 Å². The maximum absolute atomic E-state index is 13.1. The zero-order valence-electron chi connectivity index (χ0n) is 16.8. The lowest BCUT2D eigenvalue weighted by molar-refractivity contribution is -0.147. The molecule has 10 heteroatoms. The molecule has 0 bridgehead atoms. The summed E-state index contributed by atoms with van der Waals surface area (Å²) in [5.74, 6) is -2.39. The van der Waals surface area contributed by atoms with Gasteiger partial charge in [-0.1, -0.05) is 30.3 Å². The first-order valence-electron chi connectivity index (χ1n) is 9.75. The third-order valence-electron chi connectivity index (χ3n) is 5.70. The minimum atomic E-state index is -0.748. The Kier molecular flexibility index (Phi) is 5.37. The Hall–Kier alpha value is -3.82. The fourth-order valence-corrected chi connectivity index (χ4v) is 4.34. The lowest BCUT2D eigenvalue weighted by atomic mass is 9.93. The van der Waals surface area contributed by atoms with Gasteiger partial charge in [0.25, 0.3) is 11.8 Å². The number of nitrogens with two attached hydrogens (primary N) is 1. The Balaban J connectivity index is 1.59. The second-order valence-electron chi connectivity index (χ2n) is 7.51. The van der Waals surface area contributed by atoms with E-state index in [-0.39, 0.29) is 42.4 Å². The summed E-state index contributed by atoms with van der Waals surface area (Å²) in [6.07, 6.45) is 2.67. The van der Waals surface area contributed by atoms with Crippen molar-refractivity contribution < 1.29 is 23.9 Å². The molecule has 4 rings (SSSR count). The maximum Gasteiger partial charge on any atom is 0.311 e. The Labute approximate surface area is 178 Å². The van der Waals surface area contributed by atoms with Crippen molar-refractivity contribution in [1.29, 1.82) is 0 Å². The van der Waals surface area contributed by atoms with Crippen LogP contribution in [0.1, 0.15) is 39.0 Å². The Bertz CT molecular complexity index is 1030. The smallest absolute Gasteiger partial charge is 0.311 e. The van der Waals surface area contributed by atoms with Crippen LogP contribution in [0.4, 0.5) is 0 Å². The molecule has 3 amide bonds. The van der Waals surface area contributed by atoms with Crippen molar-refractivity contribution in [2.24, 2.45) is 11.7 Å². The molecule has 2 saturated heterocycles. The zero-order valence-corrected chi connectivity index (χ0v) is 16.8. The van der Waals surface area contributed by atoms with Crippen LogP contribution in [0.15, 0.2) is 42.7 Å². The molecule has 1 aromatic carbocycles. The maximum atomic E-state index is 13.1. The second-order valence-corrected chi connectivity index (χ2v) is 7.51. The van der Waals surface area contributed by atoms with Crippen LogP contribution in [0.25, 0.3) is 0 Å². The summed E-state index contributed by atoms with van der Waals surface area (Å²) in [5, 5.41) is 0. The number of ether oxygens (including phenoxy) is 1. The van der Waals surface area contributed by atoms with Gasteiger partial charge in [-0.15, -0.1) is 0 Å². The molecule has 1 aromatic heterocycles. The summed E-state index contributed by atoms with van der Waals surface area (Å²) < 4.78 is 4.99. The summed E-state index contributed by atoms with van der Waals surface area (Å²) in [4.78, 5) is 60.5. The molecule has 2 N–H and O–H groups in total. The van der Waals surface area contributed by atoms with Crippen LogP contribution in [0.5, 0.6) is 0 Å². The minimum absolute atomic E-state index is 0.00775. The Morgan fingerprint density at radius 2 is 1.77 bits per heavy atom. The largest absolute Gasteiger partial charge is 0.469 e. The fraction of sp³-hybridized carbons (Fsp3) is 0.333. The number of piperazine rings is 1. The molecule has 31 heavy (non-hydrogen) atoms. The number of rotatable bonds is 4. The van der Waals surface area contributed by atoms with Crippen molar-refractivity contribution in [3.8, 4) is 0 Å². The van der Waals surface area contributed by atoms with Crippen molar-refractivity contribution in [2.45, 2.75) is 18.5 Å². The van der Waals surface area contributed by atoms with Gasteiger partial charge in [0.2, 0.25) is 5.91 Å². The first kappa shape index (κ1) is 20.5. The van der Waals surface area contributed by atoms with E-state index in [1.54, 1.807) is 4.90 Å². The van der Waals surface area contributed by atoms with Crippen molar-refractivity contribution >= 4 is 23.7 Å². The summed E-state index contributed by atoms with van der Waals surface area (Å²) in [6.45, 7) is 0.104. The number of hydrogen-bond donors (Lipinski definition) is 1. The molecule has 0 radical (unpaired) electrons. The SMILES string of the molecule is COC(=O)[C@H]1C[C@H]2CN(C(=O)c3cnc(C(N)=O)cn3)CC(=O)N2[C@H]1c1ccccc1. The molecule has 2 aromatic rings. The average molecular weight is 423 g/mol. The number of nitrogens with zero attached hydrogens (tertiary/aromatic N) is 4. The summed E-state index contributed by atoms with van der Waals surface area (Å²) in [5.41, 5.74) is 5.95. The van der Waals surface area contributed by atoms with Crippen molar-refractivity contribution in [3.63, 3.8) is 0 Å². The molecule has 160 valence electrons. The van der Waals surface area contributed by atoms with E-state index in [9.17, 15) is 19.2 Å². The van der Waals surface area contributed by atoms with Crippen LogP contribution < -0.4 is 5.73 Å². The van der Waals surface area contributed by atoms with Gasteiger partial charge >= 0.3 is 5.97 Å². The quantitative estimate of drug-likeness (QED) is 0.692. The number of amides is 3. The summed E-state index contributed by atoms with van der Waals surface area (Å²) in [7, 11) is 1.33. The molecular weight excluding hydrogens is 402 g/mol. The standard InChI is InChI=1S/C21H21N5O5/c1-31-21(30)14-7-13-10-25(20(29)16-9-23-15(8-24-16)19(22)28)11-17(27)26(13)18(14)12-5-3-2-4-6-12/h2-6,8-9,13-14,18H,7,10-11H2,1H3,(H2,22,28)/t13-,14-,18-/m0/s1. The molecule has 2 fully saturated rings. The molecule has 2 aliphatic rings. The number of esters is 1. The highest BCUT2D eigenvalue weighted by atomic mass is 16.5. The second kappa shape index (κ2) is 8.13. The van der Waals surface area contributed by atoms with Gasteiger partial charge in [-0.05, 0) is 12.0 Å². The third-order valence-corrected chi connectivity index (χ3v) is 5.70. The lowest BCUT2D eigenvalue weighted by Gasteiger charge is -2.39. The van der Waals surface area contributed by atoms with E-state index < -0.39 is 23.8 Å². The molecule has 0 unspecified atom stereocenters. The van der Waals surface area contributed by atoms with Crippen molar-refractivity contribution in [1.82, 2.24) is 19.8 Å². The fourth-order valence-electron chi connectivity index (χ4n) is 4.34. The number of carbonyl (C=O) groups is 4. The van der Waals surface area contributed by atoms with E-state index in [1.165, 1.54) is 12.0 Å². The van der Waals surface area contributed by atoms with E-state index in [0.717, 1.165) is 18.0 Å². The van der Waals surface area contributed by atoms with Crippen LogP contribution in [0.3, 0.4) is 0 Å². The Morgan fingerprint density at radius 1 is 1.10 bits per heavy atom. The van der Waals surface area contributed by atoms with Gasteiger partial charge < -0.3 is 20.3 Å². The third kappa shape index (κ3) is 3.72. The van der Waals surface area contributed by atoms with E-state index in [2.05, 4.69) is 9.97 Å². The van der Waals surface area contributed by atoms with Gasteiger partial charge in [0.1, 0.15) is 17.9 Å². The number of benzene rings is 1. The highest BCUT2D eigenvalue weighted by Gasteiger charge is 2.51. The van der Waals surface area contributed by atoms with Gasteiger partial charge in [0, 0.05) is 6.54 Å². The van der Waals surface area contributed by atoms with Crippen molar-refractivity contribution in [2.75, 3.05) is 20.2 Å². The zero-order chi connectivity index (χ0) is 22.1. The highest BCUT2D eigenvalue weighted by Crippen LogP contribution is 2.43. The van der Waals surface area contributed by atoms with Crippen LogP contribution in [0, 0.1) is 5.92 Å².